The van der Waals surface area contributed by atoms with Gasteiger partial charge in [0.15, 0.2) is 5.82 Å². The molecule has 3 rings (SSSR count). The molecule has 0 unspecified atom stereocenters. The Kier molecular flexibility index (Phi) is 10.3. The maximum atomic E-state index is 14.1. The molecule has 0 fully saturated rings. The minimum Gasteiger partial charge on any atom is -0.204 e. The first kappa shape index (κ1) is 26.0. The molecule has 0 radical (unpaired) electrons. The molecule has 0 aromatic heterocycles. The monoisotopic (exact) mass is 495 g/mol. The van der Waals surface area contributed by atoms with Crippen molar-refractivity contribution in [2.75, 3.05) is 0 Å². The molecule has 35 heavy (non-hydrogen) atoms. The average Bonchev–Trinajstić information content (AvgIpc) is 2.87. The zero-order valence-electron chi connectivity index (χ0n) is 19.4. The lowest BCUT2D eigenvalue weighted by Gasteiger charge is -1.99. The van der Waals surface area contributed by atoms with Crippen molar-refractivity contribution in [2.45, 2.75) is 39.0 Å². The highest BCUT2D eigenvalue weighted by molar-refractivity contribution is 7.78. The van der Waals surface area contributed by atoms with Gasteiger partial charge in [0.2, 0.25) is 0 Å². The smallest absolute Gasteiger partial charge is 0.152 e. The number of benzene rings is 3. The number of hydrogen-bond acceptors (Lipinski definition) is 2. The first-order chi connectivity index (χ1) is 17.1. The van der Waals surface area contributed by atoms with E-state index in [2.05, 4.69) is 64.8 Å². The fourth-order valence-electron chi connectivity index (χ4n) is 3.16. The second-order valence-electron chi connectivity index (χ2n) is 7.76. The topological polar surface area (TPSA) is 12.4 Å². The van der Waals surface area contributed by atoms with Gasteiger partial charge >= 0.3 is 0 Å². The summed E-state index contributed by atoms with van der Waals surface area (Å²) in [4.78, 5) is 3.63. The van der Waals surface area contributed by atoms with Crippen LogP contribution in [0, 0.1) is 41.3 Å². The fraction of sp³-hybridized carbons (Fsp3) is 0.194. The van der Waals surface area contributed by atoms with Crippen LogP contribution in [0.3, 0.4) is 0 Å². The number of hydrogen-bond donors (Lipinski definition) is 0. The predicted molar refractivity (Wildman–Crippen MR) is 147 cm³/mol. The summed E-state index contributed by atoms with van der Waals surface area (Å²) in [5.41, 5.74) is 4.02. The summed E-state index contributed by atoms with van der Waals surface area (Å²) in [6.45, 7) is 2.21. The van der Waals surface area contributed by atoms with E-state index < -0.39 is 5.82 Å². The van der Waals surface area contributed by atoms with E-state index in [1.807, 2.05) is 48.5 Å². The van der Waals surface area contributed by atoms with Crippen LogP contribution >= 0.6 is 23.8 Å². The number of aliphatic imine (C=N–C) groups is 1. The summed E-state index contributed by atoms with van der Waals surface area (Å²) < 4.78 is 14.1. The Hall–Kier alpha value is -3.64. The lowest BCUT2D eigenvalue weighted by Crippen LogP contribution is -1.83. The summed E-state index contributed by atoms with van der Waals surface area (Å²) in [6.07, 6.45) is 5.89. The maximum absolute atomic E-state index is 14.1. The zero-order valence-corrected chi connectivity index (χ0v) is 21.0. The first-order valence-corrected chi connectivity index (χ1v) is 12.2. The van der Waals surface area contributed by atoms with Gasteiger partial charge in [-0.1, -0.05) is 73.3 Å². The van der Waals surface area contributed by atoms with Crippen LogP contribution in [0.5, 0.6) is 0 Å². The molecule has 1 nitrogen and oxygen atoms in total. The average molecular weight is 496 g/mol. The molecule has 0 spiro atoms. The summed E-state index contributed by atoms with van der Waals surface area (Å²) in [6, 6.07) is 18.4. The lowest BCUT2D eigenvalue weighted by molar-refractivity contribution is 0.630. The van der Waals surface area contributed by atoms with E-state index in [4.69, 9.17) is 11.6 Å². The van der Waals surface area contributed by atoms with Crippen molar-refractivity contribution < 1.29 is 4.39 Å². The van der Waals surface area contributed by atoms with Crippen molar-refractivity contribution in [2.24, 2.45) is 4.99 Å². The van der Waals surface area contributed by atoms with E-state index in [1.165, 1.54) is 31.7 Å². The Bertz CT molecular complexity index is 1380. The lowest BCUT2D eigenvalue weighted by atomic mass is 10.1. The first-order valence-electron chi connectivity index (χ1n) is 11.4. The number of thiocarbonyl (C=S) groups is 1. The fourth-order valence-corrected chi connectivity index (χ4v) is 3.50. The molecule has 0 atom stereocenters. The minimum absolute atomic E-state index is 0.0319. The quantitative estimate of drug-likeness (QED) is 0.150. The second-order valence-corrected chi connectivity index (χ2v) is 8.35. The van der Waals surface area contributed by atoms with Crippen LogP contribution in [0.2, 0.25) is 5.02 Å². The van der Waals surface area contributed by atoms with Crippen LogP contribution in [0.1, 0.15) is 66.8 Å². The molecule has 3 aromatic rings. The van der Waals surface area contributed by atoms with Gasteiger partial charge in [-0.25, -0.2) is 4.39 Å². The van der Waals surface area contributed by atoms with Gasteiger partial charge in [-0.3, -0.25) is 0 Å². The van der Waals surface area contributed by atoms with E-state index in [1.54, 1.807) is 6.07 Å². The highest BCUT2D eigenvalue weighted by Gasteiger charge is 2.07. The van der Waals surface area contributed by atoms with Gasteiger partial charge in [-0.2, -0.15) is 4.99 Å². The molecular formula is C31H23ClFNS. The molecule has 0 saturated heterocycles. The molecule has 0 N–H and O–H groups in total. The van der Waals surface area contributed by atoms with Gasteiger partial charge < -0.3 is 0 Å². The van der Waals surface area contributed by atoms with Crippen molar-refractivity contribution in [3.05, 3.63) is 99.3 Å². The van der Waals surface area contributed by atoms with Crippen LogP contribution in [0.15, 0.2) is 65.7 Å². The van der Waals surface area contributed by atoms with Crippen molar-refractivity contribution in [3.63, 3.8) is 0 Å². The molecule has 3 aromatic carbocycles. The predicted octanol–water partition coefficient (Wildman–Crippen LogP) is 8.33. The molecule has 0 heterocycles. The van der Waals surface area contributed by atoms with Crippen LogP contribution in [-0.2, 0) is 0 Å². The van der Waals surface area contributed by atoms with Gasteiger partial charge in [0.25, 0.3) is 0 Å². The van der Waals surface area contributed by atoms with Crippen LogP contribution in [0.25, 0.3) is 0 Å². The van der Waals surface area contributed by atoms with E-state index in [-0.39, 0.29) is 10.7 Å². The third kappa shape index (κ3) is 8.58. The van der Waals surface area contributed by atoms with Gasteiger partial charge in [0, 0.05) is 34.2 Å². The van der Waals surface area contributed by atoms with Crippen molar-refractivity contribution in [1.29, 1.82) is 0 Å². The summed E-state index contributed by atoms with van der Waals surface area (Å²) >= 11 is 10.6. The van der Waals surface area contributed by atoms with E-state index in [9.17, 15) is 4.39 Å². The number of unbranched alkanes of at least 4 members (excludes halogenated alkanes) is 4. The Morgan fingerprint density at radius 2 is 1.26 bits per heavy atom. The number of rotatable bonds is 5. The number of halogens is 2. The van der Waals surface area contributed by atoms with Crippen LogP contribution < -0.4 is 0 Å². The second kappa shape index (κ2) is 13.9. The SMILES string of the molecule is CCCCCCC#Cc1ccc(C#Cc2ccc(C#Cc3cc(F)c(N=C=S)c(Cl)c3)cc2)cc1. The summed E-state index contributed by atoms with van der Waals surface area (Å²) in [7, 11) is 0. The van der Waals surface area contributed by atoms with E-state index in [0.717, 1.165) is 28.7 Å². The summed E-state index contributed by atoms with van der Waals surface area (Å²) in [5.74, 6) is 18.1. The van der Waals surface area contributed by atoms with Crippen molar-refractivity contribution in [1.82, 2.24) is 0 Å². The highest BCUT2D eigenvalue weighted by atomic mass is 35.5. The largest absolute Gasteiger partial charge is 0.204 e. The Morgan fingerprint density at radius 1 is 0.743 bits per heavy atom. The molecule has 0 bridgehead atoms. The van der Waals surface area contributed by atoms with Crippen LogP contribution in [-0.4, -0.2) is 5.16 Å². The van der Waals surface area contributed by atoms with Crippen molar-refractivity contribution in [3.8, 4) is 35.5 Å². The highest BCUT2D eigenvalue weighted by Crippen LogP contribution is 2.29. The van der Waals surface area contributed by atoms with E-state index in [0.29, 0.717) is 5.56 Å². The molecule has 0 aliphatic heterocycles. The Morgan fingerprint density at radius 3 is 1.74 bits per heavy atom. The number of isothiocyanates is 1. The Labute approximate surface area is 217 Å². The minimum atomic E-state index is -0.591. The van der Waals surface area contributed by atoms with Gasteiger partial charge in [-0.05, 0) is 79.3 Å². The molecular weight excluding hydrogens is 473 g/mol. The van der Waals surface area contributed by atoms with Crippen molar-refractivity contribution >= 4 is 34.7 Å². The molecule has 0 saturated carbocycles. The maximum Gasteiger partial charge on any atom is 0.152 e. The number of nitrogens with zero attached hydrogens (tertiary/aromatic N) is 1. The zero-order chi connectivity index (χ0) is 24.9. The molecule has 4 heteroatoms. The molecule has 0 aliphatic carbocycles. The molecule has 0 aliphatic rings. The Balaban J connectivity index is 1.61. The van der Waals surface area contributed by atoms with Gasteiger partial charge in [0.1, 0.15) is 5.69 Å². The third-order valence-corrected chi connectivity index (χ3v) is 5.41. The normalized spacial score (nSPS) is 9.46. The summed E-state index contributed by atoms with van der Waals surface area (Å²) in [5, 5.41) is 2.26. The molecule has 172 valence electrons. The van der Waals surface area contributed by atoms with Gasteiger partial charge in [0.05, 0.1) is 10.2 Å². The van der Waals surface area contributed by atoms with E-state index >= 15 is 0 Å². The van der Waals surface area contributed by atoms with Crippen LogP contribution in [0.4, 0.5) is 10.1 Å². The molecule has 0 amide bonds. The standard InChI is InChI=1S/C31H23ClFNS/c1-2-3-4-5-6-7-8-24-9-11-25(12-10-24)13-14-26-15-17-27(18-16-26)19-20-28-21-29(32)31(34-23-35)30(33)22-28/h9-12,15-18,21-22H,2-6H2,1H3. The van der Waals surface area contributed by atoms with Gasteiger partial charge in [-0.15, -0.1) is 0 Å². The third-order valence-electron chi connectivity index (χ3n) is 5.03.